The normalized spacial score (nSPS) is 12.6. The topological polar surface area (TPSA) is 12.5 Å². The molecule has 0 heterocycles. The zero-order valence-electron chi connectivity index (χ0n) is 11.1. The van der Waals surface area contributed by atoms with E-state index in [0.29, 0.717) is 12.1 Å². The Labute approximate surface area is 90.6 Å². The summed E-state index contributed by atoms with van der Waals surface area (Å²) in [5, 5.41) is 0. The predicted molar refractivity (Wildman–Crippen MR) is 64.8 cm³/mol. The Morgan fingerprint density at radius 3 is 1.86 bits per heavy atom. The molecule has 0 bridgehead atoms. The quantitative estimate of drug-likeness (QED) is 0.657. The van der Waals surface area contributed by atoms with Crippen LogP contribution in [0.25, 0.3) is 0 Å². The molecule has 0 saturated carbocycles. The number of hydrogen-bond donors (Lipinski definition) is 0. The van der Waals surface area contributed by atoms with Gasteiger partial charge in [0.1, 0.15) is 0 Å². The van der Waals surface area contributed by atoms with Crippen molar-refractivity contribution in [1.82, 2.24) is 4.90 Å². The van der Waals surface area contributed by atoms with E-state index in [2.05, 4.69) is 32.6 Å². The predicted octanol–water partition coefficient (Wildman–Crippen LogP) is 3.17. The first-order valence-corrected chi connectivity index (χ1v) is 5.97. The molecule has 0 aromatic carbocycles. The SMILES string of the molecule is CC.CCO[C@H](C)CN(CC)C(C)C. The van der Waals surface area contributed by atoms with E-state index < -0.39 is 0 Å². The minimum Gasteiger partial charge on any atom is -0.377 e. The summed E-state index contributed by atoms with van der Waals surface area (Å²) < 4.78 is 5.48. The van der Waals surface area contributed by atoms with E-state index in [0.717, 1.165) is 19.7 Å². The Morgan fingerprint density at radius 1 is 1.07 bits per heavy atom. The molecule has 0 aromatic heterocycles. The summed E-state index contributed by atoms with van der Waals surface area (Å²) in [4.78, 5) is 2.42. The van der Waals surface area contributed by atoms with Crippen molar-refractivity contribution in [3.8, 4) is 0 Å². The van der Waals surface area contributed by atoms with E-state index in [-0.39, 0.29) is 0 Å². The van der Waals surface area contributed by atoms with Crippen LogP contribution in [0.3, 0.4) is 0 Å². The lowest BCUT2D eigenvalue weighted by atomic mass is 10.2. The van der Waals surface area contributed by atoms with Crippen molar-refractivity contribution >= 4 is 0 Å². The minimum atomic E-state index is 0.359. The van der Waals surface area contributed by atoms with Crippen LogP contribution in [-0.4, -0.2) is 36.7 Å². The number of ether oxygens (including phenoxy) is 1. The molecule has 0 amide bonds. The van der Waals surface area contributed by atoms with Crippen LogP contribution in [0.4, 0.5) is 0 Å². The maximum atomic E-state index is 5.48. The fraction of sp³-hybridized carbons (Fsp3) is 1.00. The lowest BCUT2D eigenvalue weighted by Gasteiger charge is -2.27. The highest BCUT2D eigenvalue weighted by atomic mass is 16.5. The van der Waals surface area contributed by atoms with Crippen LogP contribution in [0.5, 0.6) is 0 Å². The molecule has 2 heteroatoms. The first-order valence-electron chi connectivity index (χ1n) is 5.97. The summed E-state index contributed by atoms with van der Waals surface area (Å²) in [7, 11) is 0. The second-order valence-electron chi connectivity index (χ2n) is 3.45. The van der Waals surface area contributed by atoms with Gasteiger partial charge in [0.25, 0.3) is 0 Å². The molecule has 0 aliphatic carbocycles. The minimum absolute atomic E-state index is 0.359. The van der Waals surface area contributed by atoms with E-state index in [4.69, 9.17) is 4.74 Å². The maximum Gasteiger partial charge on any atom is 0.0673 e. The maximum absolute atomic E-state index is 5.48. The molecule has 0 aliphatic heterocycles. The third-order valence-electron chi connectivity index (χ3n) is 2.08. The van der Waals surface area contributed by atoms with Crippen LogP contribution < -0.4 is 0 Å². The van der Waals surface area contributed by atoms with Crippen LogP contribution in [0.2, 0.25) is 0 Å². The molecule has 0 saturated heterocycles. The summed E-state index contributed by atoms with van der Waals surface area (Å²) in [6, 6.07) is 0.623. The van der Waals surface area contributed by atoms with Crippen molar-refractivity contribution in [2.24, 2.45) is 0 Å². The molecular formula is C12H29NO. The molecule has 14 heavy (non-hydrogen) atoms. The summed E-state index contributed by atoms with van der Waals surface area (Å²) in [6.45, 7) is 17.8. The molecule has 0 aromatic rings. The van der Waals surface area contributed by atoms with E-state index in [9.17, 15) is 0 Å². The van der Waals surface area contributed by atoms with Gasteiger partial charge in [-0.05, 0) is 34.2 Å². The third kappa shape index (κ3) is 8.52. The number of rotatable bonds is 6. The Hall–Kier alpha value is -0.0800. The first kappa shape index (κ1) is 16.4. The van der Waals surface area contributed by atoms with Crippen molar-refractivity contribution in [2.45, 2.75) is 60.6 Å². The van der Waals surface area contributed by atoms with Crippen LogP contribution in [0, 0.1) is 0 Å². The highest BCUT2D eigenvalue weighted by Crippen LogP contribution is 2.01. The van der Waals surface area contributed by atoms with Gasteiger partial charge >= 0.3 is 0 Å². The Bertz CT molecular complexity index is 104. The molecule has 88 valence electrons. The molecule has 1 atom stereocenters. The molecule has 0 aliphatic rings. The van der Waals surface area contributed by atoms with E-state index in [1.54, 1.807) is 0 Å². The standard InChI is InChI=1S/C10H23NO.C2H6/c1-6-11(9(3)4)8-10(5)12-7-2;1-2/h9-10H,6-8H2,1-5H3;1-2H3/t10-;/m1./s1. The Morgan fingerprint density at radius 2 is 1.57 bits per heavy atom. The molecule has 2 nitrogen and oxygen atoms in total. The summed E-state index contributed by atoms with van der Waals surface area (Å²) in [5.41, 5.74) is 0. The first-order chi connectivity index (χ1) is 6.61. The smallest absolute Gasteiger partial charge is 0.0673 e. The molecule has 0 spiro atoms. The van der Waals surface area contributed by atoms with Gasteiger partial charge in [0.15, 0.2) is 0 Å². The van der Waals surface area contributed by atoms with Crippen LogP contribution in [-0.2, 0) is 4.74 Å². The Kier molecular flexibility index (Phi) is 12.8. The third-order valence-corrected chi connectivity index (χ3v) is 2.08. The lowest BCUT2D eigenvalue weighted by molar-refractivity contribution is 0.0390. The zero-order valence-corrected chi connectivity index (χ0v) is 11.1. The average Bonchev–Trinajstić information content (AvgIpc) is 2.17. The van der Waals surface area contributed by atoms with Crippen molar-refractivity contribution in [3.05, 3.63) is 0 Å². The largest absolute Gasteiger partial charge is 0.377 e. The lowest BCUT2D eigenvalue weighted by Crippen LogP contribution is -2.37. The van der Waals surface area contributed by atoms with Crippen molar-refractivity contribution < 1.29 is 4.74 Å². The second-order valence-corrected chi connectivity index (χ2v) is 3.45. The average molecular weight is 203 g/mol. The van der Waals surface area contributed by atoms with Crippen molar-refractivity contribution in [3.63, 3.8) is 0 Å². The summed E-state index contributed by atoms with van der Waals surface area (Å²) in [6.07, 6.45) is 0.359. The van der Waals surface area contributed by atoms with Gasteiger partial charge in [0.2, 0.25) is 0 Å². The van der Waals surface area contributed by atoms with Crippen molar-refractivity contribution in [2.75, 3.05) is 19.7 Å². The van der Waals surface area contributed by atoms with Gasteiger partial charge in [0.05, 0.1) is 6.10 Å². The van der Waals surface area contributed by atoms with Gasteiger partial charge in [-0.15, -0.1) is 0 Å². The van der Waals surface area contributed by atoms with Gasteiger partial charge in [-0.1, -0.05) is 20.8 Å². The van der Waals surface area contributed by atoms with E-state index >= 15 is 0 Å². The van der Waals surface area contributed by atoms with Gasteiger partial charge < -0.3 is 4.74 Å². The van der Waals surface area contributed by atoms with Crippen LogP contribution in [0.15, 0.2) is 0 Å². The fourth-order valence-electron chi connectivity index (χ4n) is 1.37. The fourth-order valence-corrected chi connectivity index (χ4v) is 1.37. The summed E-state index contributed by atoms with van der Waals surface area (Å²) in [5.74, 6) is 0. The molecule has 0 radical (unpaired) electrons. The highest BCUT2D eigenvalue weighted by Gasteiger charge is 2.10. The van der Waals surface area contributed by atoms with Crippen LogP contribution in [0.1, 0.15) is 48.5 Å². The number of likely N-dealkylation sites (N-methyl/N-ethyl adjacent to an activating group) is 1. The number of hydrogen-bond acceptors (Lipinski definition) is 2. The molecule has 0 unspecified atom stereocenters. The van der Waals surface area contributed by atoms with Gasteiger partial charge in [-0.3, -0.25) is 4.90 Å². The molecule has 0 fully saturated rings. The van der Waals surface area contributed by atoms with Crippen molar-refractivity contribution in [1.29, 1.82) is 0 Å². The molecule has 0 N–H and O–H groups in total. The molecule has 0 rings (SSSR count). The second kappa shape index (κ2) is 11.0. The highest BCUT2D eigenvalue weighted by molar-refractivity contribution is 4.64. The van der Waals surface area contributed by atoms with Gasteiger partial charge in [-0.25, -0.2) is 0 Å². The van der Waals surface area contributed by atoms with E-state index in [1.165, 1.54) is 0 Å². The summed E-state index contributed by atoms with van der Waals surface area (Å²) >= 11 is 0. The van der Waals surface area contributed by atoms with E-state index in [1.807, 2.05) is 20.8 Å². The van der Waals surface area contributed by atoms with Gasteiger partial charge in [0, 0.05) is 19.2 Å². The monoisotopic (exact) mass is 203 g/mol. The zero-order chi connectivity index (χ0) is 11.6. The number of nitrogens with zero attached hydrogens (tertiary/aromatic N) is 1. The van der Waals surface area contributed by atoms with Gasteiger partial charge in [-0.2, -0.15) is 0 Å². The molecular weight excluding hydrogens is 174 g/mol. The Balaban J connectivity index is 0. The van der Waals surface area contributed by atoms with Crippen LogP contribution >= 0.6 is 0 Å².